The second-order valence-electron chi connectivity index (χ2n) is 17.6. The Bertz CT molecular complexity index is 1840. The van der Waals surface area contributed by atoms with Crippen LogP contribution in [0.2, 0.25) is 0 Å². The third-order valence-corrected chi connectivity index (χ3v) is 14.1. The molecule has 2 aliphatic heterocycles. The Morgan fingerprint density at radius 3 is 2.07 bits per heavy atom. The Kier molecular flexibility index (Phi) is 17.2. The molecule has 2 aromatic carbocycles. The number of likely N-dealkylation sites (tertiary alicyclic amines) is 1. The zero-order valence-electron chi connectivity index (χ0n) is 36.6. The number of hydrogen-bond acceptors (Lipinski definition) is 9. The molecule has 2 heterocycles. The van der Waals surface area contributed by atoms with Gasteiger partial charge in [0.2, 0.25) is 35.3 Å². The van der Waals surface area contributed by atoms with Gasteiger partial charge in [-0.25, -0.2) is 0 Å². The zero-order valence-corrected chi connectivity index (χ0v) is 38.2. The predicted octanol–water partition coefficient (Wildman–Crippen LogP) is 4.60. The van der Waals surface area contributed by atoms with Crippen molar-refractivity contribution >= 4 is 64.8 Å². The normalized spacial score (nSPS) is 18.2. The molecule has 328 valence electrons. The maximum atomic E-state index is 14.7. The number of carbonyl (C=O) groups excluding carboxylic acids is 7. The number of likely N-dealkylation sites (N-methyl/N-ethyl adjacent to an activating group) is 1. The number of rotatable bonds is 17. The first-order valence-electron chi connectivity index (χ1n) is 20.9. The molecule has 15 heteroatoms. The summed E-state index contributed by atoms with van der Waals surface area (Å²) < 4.78 is -0.450. The largest absolute Gasteiger partial charge is 0.347 e. The molecule has 0 radical (unpaired) electrons. The molecular weight excluding hydrogens is 801 g/mol. The van der Waals surface area contributed by atoms with Crippen molar-refractivity contribution in [2.45, 2.75) is 115 Å². The van der Waals surface area contributed by atoms with Gasteiger partial charge in [-0.3, -0.25) is 33.6 Å². The average Bonchev–Trinajstić information content (AvgIpc) is 3.58. The molecule has 6 amide bonds. The maximum Gasteiger partial charge on any atom is 0.290 e. The van der Waals surface area contributed by atoms with E-state index in [0.717, 1.165) is 29.9 Å². The number of hydrogen-bond donors (Lipinski definition) is 4. The minimum Gasteiger partial charge on any atom is -0.347 e. The molecule has 5 atom stereocenters. The van der Waals surface area contributed by atoms with Gasteiger partial charge in [0, 0.05) is 27.1 Å². The van der Waals surface area contributed by atoms with Gasteiger partial charge in [0.15, 0.2) is 0 Å². The van der Waals surface area contributed by atoms with Crippen LogP contribution in [-0.4, -0.2) is 112 Å². The summed E-state index contributed by atoms with van der Waals surface area (Å²) >= 11 is 3.44. The summed E-state index contributed by atoms with van der Waals surface area (Å²) in [5.74, 6) is -2.59. The van der Waals surface area contributed by atoms with Crippen molar-refractivity contribution in [1.82, 2.24) is 31.1 Å². The first kappa shape index (κ1) is 48.3. The lowest BCUT2D eigenvalue weighted by atomic mass is 9.85. The number of ketones is 1. The highest BCUT2D eigenvalue weighted by molar-refractivity contribution is 8.18. The second-order valence-corrected chi connectivity index (χ2v) is 20.8. The Hall–Kier alpha value is -4.37. The van der Waals surface area contributed by atoms with Gasteiger partial charge in [-0.1, -0.05) is 103 Å². The van der Waals surface area contributed by atoms with Crippen LogP contribution >= 0.6 is 23.5 Å². The lowest BCUT2D eigenvalue weighted by Crippen LogP contribution is -2.59. The van der Waals surface area contributed by atoms with Gasteiger partial charge in [0.05, 0.1) is 22.6 Å². The van der Waals surface area contributed by atoms with Gasteiger partial charge in [0.1, 0.15) is 18.1 Å². The van der Waals surface area contributed by atoms with Crippen LogP contribution in [0.1, 0.15) is 103 Å². The molecule has 13 nitrogen and oxygen atoms in total. The number of nitrogens with zero attached hydrogens (tertiary/aromatic N) is 2. The van der Waals surface area contributed by atoms with E-state index in [0.29, 0.717) is 24.3 Å². The molecule has 1 spiro atoms. The lowest BCUT2D eigenvalue weighted by molar-refractivity contribution is -0.145. The number of Topliss-reactive ketones (excluding diaryl/α,β-unsaturated/α-hetero) is 1. The molecule has 4 N–H and O–H groups in total. The lowest BCUT2D eigenvalue weighted by Gasteiger charge is -2.37. The fourth-order valence-electron chi connectivity index (χ4n) is 7.41. The standard InChI is InChI=1S/C45H64N6O7S2/c1-10-15-33(37(53)41(56)46-26-35(52)48-36(42(57)50(8)9)32-16-12-11-13-17-32)47-40(55)34-25-45(59-22-14-23-60-45)27-51(34)43(58)38(44(5,6)7)49-39(54)29(4)31-20-18-30(19-21-31)24-28(2)3/h11-13,16-21,28-29,33-34,36,38H,10,14-15,22-27H2,1-9H3,(H,46,56)(H,47,55)(H,48,52)(H,49,54)/t29-,33+,34-,36?,38+/m0/s1. The molecular formula is C45H64N6O7S2. The van der Waals surface area contributed by atoms with E-state index in [-0.39, 0.29) is 30.7 Å². The van der Waals surface area contributed by atoms with E-state index in [4.69, 9.17) is 0 Å². The average molecular weight is 865 g/mol. The molecule has 2 aliphatic rings. The van der Waals surface area contributed by atoms with Crippen LogP contribution in [0.5, 0.6) is 0 Å². The van der Waals surface area contributed by atoms with Crippen molar-refractivity contribution in [3.63, 3.8) is 0 Å². The number of carbonyl (C=O) groups is 7. The molecule has 0 saturated carbocycles. The van der Waals surface area contributed by atoms with E-state index in [2.05, 4.69) is 35.1 Å². The summed E-state index contributed by atoms with van der Waals surface area (Å²) in [4.78, 5) is 98.5. The van der Waals surface area contributed by atoms with Crippen LogP contribution in [0.4, 0.5) is 0 Å². The highest BCUT2D eigenvalue weighted by Gasteiger charge is 2.53. The minimum atomic E-state index is -1.22. The summed E-state index contributed by atoms with van der Waals surface area (Å²) in [6, 6.07) is 12.5. The highest BCUT2D eigenvalue weighted by Crippen LogP contribution is 2.50. The molecule has 2 fully saturated rings. The van der Waals surface area contributed by atoms with Crippen molar-refractivity contribution < 1.29 is 33.6 Å². The Balaban J connectivity index is 1.49. The molecule has 60 heavy (non-hydrogen) atoms. The van der Waals surface area contributed by atoms with Crippen LogP contribution < -0.4 is 21.3 Å². The molecule has 1 unspecified atom stereocenters. The Morgan fingerprint density at radius 1 is 0.867 bits per heavy atom. The van der Waals surface area contributed by atoms with E-state index < -0.39 is 69.6 Å². The molecule has 0 aromatic heterocycles. The van der Waals surface area contributed by atoms with Crippen molar-refractivity contribution in [3.8, 4) is 0 Å². The Labute approximate surface area is 364 Å². The first-order chi connectivity index (χ1) is 28.3. The van der Waals surface area contributed by atoms with Crippen molar-refractivity contribution in [2.24, 2.45) is 11.3 Å². The number of thioether (sulfide) groups is 2. The van der Waals surface area contributed by atoms with Crippen LogP contribution in [0.3, 0.4) is 0 Å². The van der Waals surface area contributed by atoms with E-state index in [1.165, 1.54) is 10.5 Å². The van der Waals surface area contributed by atoms with E-state index in [9.17, 15) is 33.6 Å². The third-order valence-electron chi connectivity index (χ3n) is 10.8. The van der Waals surface area contributed by atoms with Gasteiger partial charge in [-0.2, -0.15) is 0 Å². The molecule has 0 bridgehead atoms. The minimum absolute atomic E-state index is 0.143. The van der Waals surface area contributed by atoms with Gasteiger partial charge >= 0.3 is 0 Å². The quantitative estimate of drug-likeness (QED) is 0.166. The molecule has 2 saturated heterocycles. The van der Waals surface area contributed by atoms with Gasteiger partial charge in [-0.05, 0) is 65.7 Å². The topological polar surface area (TPSA) is 174 Å². The van der Waals surface area contributed by atoms with Crippen LogP contribution in [0, 0.1) is 11.3 Å². The van der Waals surface area contributed by atoms with Crippen LogP contribution in [-0.2, 0) is 40.0 Å². The van der Waals surface area contributed by atoms with E-state index >= 15 is 0 Å². The summed E-state index contributed by atoms with van der Waals surface area (Å²) in [6.45, 7) is 13.3. The summed E-state index contributed by atoms with van der Waals surface area (Å²) in [5, 5.41) is 10.8. The number of nitrogens with one attached hydrogen (secondary N) is 4. The van der Waals surface area contributed by atoms with Crippen molar-refractivity contribution in [3.05, 3.63) is 71.3 Å². The van der Waals surface area contributed by atoms with Gasteiger partial charge in [-0.15, -0.1) is 23.5 Å². The third kappa shape index (κ3) is 12.8. The molecule has 4 rings (SSSR count). The number of benzene rings is 2. The predicted molar refractivity (Wildman–Crippen MR) is 238 cm³/mol. The van der Waals surface area contributed by atoms with Gasteiger partial charge in [0.25, 0.3) is 5.91 Å². The summed E-state index contributed by atoms with van der Waals surface area (Å²) in [5.41, 5.74) is 1.85. The molecule has 2 aromatic rings. The summed E-state index contributed by atoms with van der Waals surface area (Å²) in [6.07, 6.45) is 2.86. The summed E-state index contributed by atoms with van der Waals surface area (Å²) in [7, 11) is 3.13. The highest BCUT2D eigenvalue weighted by atomic mass is 32.2. The smallest absolute Gasteiger partial charge is 0.290 e. The SMILES string of the molecule is CCC[C@@H](NC(=O)[C@@H]1CC2(CN1C(=O)[C@@H](NC(=O)[C@@H](C)c1ccc(CC(C)C)cc1)C(C)(C)C)SCCCS2)C(=O)C(=O)NCC(=O)NC(C(=O)N(C)C)c1ccccc1. The van der Waals surface area contributed by atoms with E-state index in [1.807, 2.05) is 58.9 Å². The number of amides is 6. The molecule has 0 aliphatic carbocycles. The van der Waals surface area contributed by atoms with Crippen molar-refractivity contribution in [1.29, 1.82) is 0 Å². The van der Waals surface area contributed by atoms with Crippen molar-refractivity contribution in [2.75, 3.05) is 38.7 Å². The maximum absolute atomic E-state index is 14.7. The first-order valence-corrected chi connectivity index (χ1v) is 22.9. The fraction of sp³-hybridized carbons (Fsp3) is 0.578. The van der Waals surface area contributed by atoms with E-state index in [1.54, 1.807) is 72.9 Å². The van der Waals surface area contributed by atoms with Crippen LogP contribution in [0.25, 0.3) is 0 Å². The second kappa shape index (κ2) is 21.4. The monoisotopic (exact) mass is 864 g/mol. The van der Waals surface area contributed by atoms with Gasteiger partial charge < -0.3 is 31.1 Å². The Morgan fingerprint density at radius 2 is 1.50 bits per heavy atom. The fourth-order valence-corrected chi connectivity index (χ4v) is 10.8. The zero-order chi connectivity index (χ0) is 44.4. The van der Waals surface area contributed by atoms with Crippen LogP contribution in [0.15, 0.2) is 54.6 Å².